The zero-order valence-electron chi connectivity index (χ0n) is 13.1. The summed E-state index contributed by atoms with van der Waals surface area (Å²) >= 11 is 0. The first kappa shape index (κ1) is 15.3. The third-order valence-corrected chi connectivity index (χ3v) is 4.16. The largest absolute Gasteiger partial charge is 0.491 e. The number of rotatable bonds is 6. The van der Waals surface area contributed by atoms with Crippen molar-refractivity contribution in [3.05, 3.63) is 29.8 Å². The number of likely N-dealkylation sites (tertiary alicyclic amines) is 1. The molecule has 1 aromatic rings. The van der Waals surface area contributed by atoms with E-state index in [-0.39, 0.29) is 11.6 Å². The van der Waals surface area contributed by atoms with Crippen LogP contribution in [0.5, 0.6) is 5.75 Å². The van der Waals surface area contributed by atoms with Crippen LogP contribution in [0.3, 0.4) is 0 Å². The maximum atomic E-state index is 6.08. The van der Waals surface area contributed by atoms with Gasteiger partial charge in [0.05, 0.1) is 6.10 Å². The fourth-order valence-electron chi connectivity index (χ4n) is 3.01. The first-order valence-corrected chi connectivity index (χ1v) is 7.74. The summed E-state index contributed by atoms with van der Waals surface area (Å²) in [5, 5.41) is 0. The van der Waals surface area contributed by atoms with Crippen molar-refractivity contribution in [1.29, 1.82) is 0 Å². The van der Waals surface area contributed by atoms with Crippen molar-refractivity contribution in [1.82, 2.24) is 4.90 Å². The number of hydrogen-bond acceptors (Lipinski definition) is 3. The number of ether oxygens (including phenoxy) is 1. The molecule has 2 rings (SSSR count). The fraction of sp³-hybridized carbons (Fsp3) is 0.647. The Hall–Kier alpha value is -1.06. The van der Waals surface area contributed by atoms with Gasteiger partial charge in [-0.05, 0) is 70.8 Å². The first-order chi connectivity index (χ1) is 9.53. The lowest BCUT2D eigenvalue weighted by molar-refractivity contribution is 0.142. The molecule has 0 spiro atoms. The smallest absolute Gasteiger partial charge is 0.119 e. The summed E-state index contributed by atoms with van der Waals surface area (Å²) in [4.78, 5) is 2.54. The molecule has 1 atom stereocenters. The van der Waals surface area contributed by atoms with Crippen LogP contribution >= 0.6 is 0 Å². The van der Waals surface area contributed by atoms with Crippen molar-refractivity contribution in [2.75, 3.05) is 19.6 Å². The van der Waals surface area contributed by atoms with Gasteiger partial charge in [0.2, 0.25) is 0 Å². The van der Waals surface area contributed by atoms with Gasteiger partial charge in [-0.25, -0.2) is 0 Å². The molecule has 1 unspecified atom stereocenters. The quantitative estimate of drug-likeness (QED) is 0.868. The molecule has 0 saturated carbocycles. The first-order valence-electron chi connectivity index (χ1n) is 7.74. The molecule has 0 aliphatic carbocycles. The van der Waals surface area contributed by atoms with E-state index in [1.165, 1.54) is 31.5 Å². The second kappa shape index (κ2) is 6.59. The van der Waals surface area contributed by atoms with Crippen LogP contribution in [0.1, 0.15) is 39.2 Å². The number of benzene rings is 1. The molecule has 0 aromatic heterocycles. The molecule has 0 bridgehead atoms. The van der Waals surface area contributed by atoms with Gasteiger partial charge in [-0.15, -0.1) is 0 Å². The Labute approximate surface area is 123 Å². The second-order valence-corrected chi connectivity index (χ2v) is 6.39. The third kappa shape index (κ3) is 3.74. The van der Waals surface area contributed by atoms with Crippen LogP contribution in [0, 0.1) is 0 Å². The molecule has 112 valence electrons. The second-order valence-electron chi connectivity index (χ2n) is 6.39. The number of hydrogen-bond donors (Lipinski definition) is 1. The van der Waals surface area contributed by atoms with E-state index in [4.69, 9.17) is 10.5 Å². The van der Waals surface area contributed by atoms with E-state index >= 15 is 0 Å². The summed E-state index contributed by atoms with van der Waals surface area (Å²) in [6.07, 6.45) is 3.79. The van der Waals surface area contributed by atoms with Crippen molar-refractivity contribution < 1.29 is 4.74 Å². The molecule has 1 heterocycles. The summed E-state index contributed by atoms with van der Waals surface area (Å²) in [6, 6.07) is 8.44. The maximum Gasteiger partial charge on any atom is 0.119 e. The van der Waals surface area contributed by atoms with Gasteiger partial charge >= 0.3 is 0 Å². The Kier molecular flexibility index (Phi) is 5.06. The van der Waals surface area contributed by atoms with E-state index in [9.17, 15) is 0 Å². The Morgan fingerprint density at radius 2 is 2.00 bits per heavy atom. The lowest BCUT2D eigenvalue weighted by atomic mass is 9.91. The van der Waals surface area contributed by atoms with Gasteiger partial charge in [0.1, 0.15) is 5.75 Å². The highest BCUT2D eigenvalue weighted by molar-refractivity contribution is 5.30. The summed E-state index contributed by atoms with van der Waals surface area (Å²) in [5.41, 5.74) is 7.45. The van der Waals surface area contributed by atoms with E-state index in [1.54, 1.807) is 0 Å². The zero-order valence-corrected chi connectivity index (χ0v) is 13.1. The van der Waals surface area contributed by atoms with Crippen LogP contribution in [0.2, 0.25) is 0 Å². The highest BCUT2D eigenvalue weighted by atomic mass is 16.5. The van der Waals surface area contributed by atoms with E-state index in [0.29, 0.717) is 6.54 Å². The topological polar surface area (TPSA) is 38.5 Å². The Balaban J connectivity index is 2.10. The Bertz CT molecular complexity index is 427. The predicted octanol–water partition coefficient (Wildman–Crippen LogP) is 2.83. The van der Waals surface area contributed by atoms with Crippen LogP contribution < -0.4 is 10.5 Å². The molecule has 1 aliphatic rings. The summed E-state index contributed by atoms with van der Waals surface area (Å²) in [7, 11) is 0. The molecule has 0 radical (unpaired) electrons. The van der Waals surface area contributed by atoms with Crippen LogP contribution in [0.4, 0.5) is 0 Å². The van der Waals surface area contributed by atoms with E-state index in [2.05, 4.69) is 43.9 Å². The predicted molar refractivity (Wildman–Crippen MR) is 84.2 cm³/mol. The van der Waals surface area contributed by atoms with Gasteiger partial charge in [-0.3, -0.25) is 4.90 Å². The minimum absolute atomic E-state index is 0.0625. The third-order valence-electron chi connectivity index (χ3n) is 4.16. The molecular weight excluding hydrogens is 248 g/mol. The molecule has 2 N–H and O–H groups in total. The fourth-order valence-corrected chi connectivity index (χ4v) is 3.01. The molecule has 3 nitrogen and oxygen atoms in total. The van der Waals surface area contributed by atoms with Crippen molar-refractivity contribution >= 4 is 0 Å². The Morgan fingerprint density at radius 1 is 1.30 bits per heavy atom. The molecule has 20 heavy (non-hydrogen) atoms. The molecule has 3 heteroatoms. The monoisotopic (exact) mass is 276 g/mol. The summed E-state index contributed by atoms with van der Waals surface area (Å²) in [6.45, 7) is 9.45. The highest BCUT2D eigenvalue weighted by Gasteiger charge is 2.32. The summed E-state index contributed by atoms with van der Waals surface area (Å²) < 4.78 is 5.78. The summed E-state index contributed by atoms with van der Waals surface area (Å²) in [5.74, 6) is 0.957. The van der Waals surface area contributed by atoms with E-state index < -0.39 is 0 Å². The standard InChI is InChI=1S/C17H28N2O/c1-14(2)20-16-8-6-7-15(11-16)12-17(3,13-18)19-9-4-5-10-19/h6-8,11,14H,4-5,9-10,12-13,18H2,1-3H3. The number of nitrogens with zero attached hydrogens (tertiary/aromatic N) is 1. The molecular formula is C17H28N2O. The lowest BCUT2D eigenvalue weighted by Gasteiger charge is -2.38. The van der Waals surface area contributed by atoms with Crippen molar-refractivity contribution in [2.24, 2.45) is 5.73 Å². The van der Waals surface area contributed by atoms with Gasteiger partial charge < -0.3 is 10.5 Å². The Morgan fingerprint density at radius 3 is 2.60 bits per heavy atom. The minimum atomic E-state index is 0.0625. The van der Waals surface area contributed by atoms with Crippen LogP contribution in [-0.4, -0.2) is 36.2 Å². The molecule has 1 saturated heterocycles. The van der Waals surface area contributed by atoms with Crippen LogP contribution in [0.25, 0.3) is 0 Å². The SMILES string of the molecule is CC(C)Oc1cccc(CC(C)(CN)N2CCCC2)c1. The maximum absolute atomic E-state index is 6.08. The van der Waals surface area contributed by atoms with Gasteiger partial charge in [0, 0.05) is 12.1 Å². The van der Waals surface area contributed by atoms with Gasteiger partial charge in [0.15, 0.2) is 0 Å². The molecule has 0 amide bonds. The van der Waals surface area contributed by atoms with Crippen LogP contribution in [0.15, 0.2) is 24.3 Å². The van der Waals surface area contributed by atoms with Crippen molar-refractivity contribution in [2.45, 2.75) is 51.7 Å². The van der Waals surface area contributed by atoms with Gasteiger partial charge in [-0.2, -0.15) is 0 Å². The van der Waals surface area contributed by atoms with E-state index in [1.807, 2.05) is 6.07 Å². The van der Waals surface area contributed by atoms with Gasteiger partial charge in [-0.1, -0.05) is 12.1 Å². The van der Waals surface area contributed by atoms with Crippen molar-refractivity contribution in [3.8, 4) is 5.75 Å². The number of nitrogens with two attached hydrogens (primary N) is 1. The lowest BCUT2D eigenvalue weighted by Crippen LogP contribution is -2.51. The van der Waals surface area contributed by atoms with Gasteiger partial charge in [0.25, 0.3) is 0 Å². The average Bonchev–Trinajstić information content (AvgIpc) is 2.92. The van der Waals surface area contributed by atoms with Crippen LogP contribution in [-0.2, 0) is 6.42 Å². The normalized spacial score (nSPS) is 19.2. The molecule has 1 fully saturated rings. The minimum Gasteiger partial charge on any atom is -0.491 e. The highest BCUT2D eigenvalue weighted by Crippen LogP contribution is 2.26. The molecule has 1 aliphatic heterocycles. The molecule has 1 aromatic carbocycles. The average molecular weight is 276 g/mol. The zero-order chi connectivity index (χ0) is 14.6. The van der Waals surface area contributed by atoms with Crippen molar-refractivity contribution in [3.63, 3.8) is 0 Å². The van der Waals surface area contributed by atoms with E-state index in [0.717, 1.165) is 12.2 Å².